The summed E-state index contributed by atoms with van der Waals surface area (Å²) in [7, 11) is 3.40. The number of hydrogen-bond donors (Lipinski definition) is 2. The van der Waals surface area contributed by atoms with Crippen LogP contribution in [0.2, 0.25) is 0 Å². The van der Waals surface area contributed by atoms with Crippen LogP contribution >= 0.6 is 0 Å². The Bertz CT molecular complexity index is 740. The number of nitrogens with one attached hydrogen (secondary N) is 2. The summed E-state index contributed by atoms with van der Waals surface area (Å²) in [5, 5.41) is 5.88. The molecule has 0 fully saturated rings. The summed E-state index contributed by atoms with van der Waals surface area (Å²) in [6.45, 7) is 2.98. The highest BCUT2D eigenvalue weighted by Crippen LogP contribution is 2.16. The standard InChI is InChI=1S/C21H27N3O3/c1-4-5-14-27-19-12-10-17(11-13-19)22-15-20(25)23-18-8-6-16(7-9-18)21(26)24(2)3/h6-13,22H,4-5,14-15H2,1-3H3,(H,23,25). The second kappa shape index (κ2) is 10.2. The van der Waals surface area contributed by atoms with Gasteiger partial charge in [0.05, 0.1) is 13.2 Å². The average molecular weight is 369 g/mol. The molecule has 0 radical (unpaired) electrons. The van der Waals surface area contributed by atoms with E-state index in [-0.39, 0.29) is 18.4 Å². The highest BCUT2D eigenvalue weighted by Gasteiger charge is 2.08. The zero-order valence-corrected chi connectivity index (χ0v) is 16.1. The number of carbonyl (C=O) groups excluding carboxylic acids is 2. The van der Waals surface area contributed by atoms with Crippen LogP contribution in [0.1, 0.15) is 30.1 Å². The Balaban J connectivity index is 1.79. The Morgan fingerprint density at radius 3 is 2.19 bits per heavy atom. The third kappa shape index (κ3) is 6.66. The Labute approximate surface area is 160 Å². The van der Waals surface area contributed by atoms with Gasteiger partial charge in [-0.05, 0) is 55.0 Å². The Hall–Kier alpha value is -3.02. The van der Waals surface area contributed by atoms with Gasteiger partial charge in [0.15, 0.2) is 0 Å². The first kappa shape index (κ1) is 20.3. The van der Waals surface area contributed by atoms with E-state index >= 15 is 0 Å². The minimum absolute atomic E-state index is 0.0725. The molecule has 0 aromatic heterocycles. The molecule has 0 aliphatic rings. The highest BCUT2D eigenvalue weighted by molar-refractivity contribution is 5.96. The van der Waals surface area contributed by atoms with Crippen LogP contribution in [0.15, 0.2) is 48.5 Å². The molecule has 6 heteroatoms. The largest absolute Gasteiger partial charge is 0.494 e. The SMILES string of the molecule is CCCCOc1ccc(NCC(=O)Nc2ccc(C(=O)N(C)C)cc2)cc1. The van der Waals surface area contributed by atoms with Gasteiger partial charge in [0, 0.05) is 31.0 Å². The van der Waals surface area contributed by atoms with E-state index in [1.54, 1.807) is 38.4 Å². The van der Waals surface area contributed by atoms with Crippen molar-refractivity contribution in [2.75, 3.05) is 37.9 Å². The van der Waals surface area contributed by atoms with E-state index in [1.165, 1.54) is 4.90 Å². The quantitative estimate of drug-likeness (QED) is 0.663. The molecule has 2 rings (SSSR count). The van der Waals surface area contributed by atoms with E-state index in [0.717, 1.165) is 24.3 Å². The number of ether oxygens (including phenoxy) is 1. The molecule has 2 aromatic carbocycles. The summed E-state index contributed by atoms with van der Waals surface area (Å²) in [5.74, 6) is 0.590. The van der Waals surface area contributed by atoms with E-state index < -0.39 is 0 Å². The van der Waals surface area contributed by atoms with Gasteiger partial charge < -0.3 is 20.3 Å². The van der Waals surface area contributed by atoms with Gasteiger partial charge in [0.25, 0.3) is 5.91 Å². The molecule has 0 saturated carbocycles. The van der Waals surface area contributed by atoms with E-state index in [2.05, 4.69) is 17.6 Å². The van der Waals surface area contributed by atoms with Crippen molar-refractivity contribution in [3.05, 3.63) is 54.1 Å². The fourth-order valence-corrected chi connectivity index (χ4v) is 2.35. The number of rotatable bonds is 9. The first-order valence-electron chi connectivity index (χ1n) is 9.08. The van der Waals surface area contributed by atoms with E-state index in [0.29, 0.717) is 17.9 Å². The molecule has 27 heavy (non-hydrogen) atoms. The molecule has 0 aliphatic carbocycles. The zero-order valence-electron chi connectivity index (χ0n) is 16.1. The molecule has 0 atom stereocenters. The maximum atomic E-state index is 12.1. The lowest BCUT2D eigenvalue weighted by molar-refractivity contribution is -0.114. The molecule has 0 bridgehead atoms. The van der Waals surface area contributed by atoms with Gasteiger partial charge in [-0.25, -0.2) is 0 Å². The van der Waals surface area contributed by atoms with E-state index in [1.807, 2.05) is 24.3 Å². The molecule has 0 spiro atoms. The van der Waals surface area contributed by atoms with Crippen LogP contribution in [0.5, 0.6) is 5.75 Å². The summed E-state index contributed by atoms with van der Waals surface area (Å²) >= 11 is 0. The van der Waals surface area contributed by atoms with Crippen molar-refractivity contribution in [2.24, 2.45) is 0 Å². The normalized spacial score (nSPS) is 10.2. The first-order chi connectivity index (χ1) is 13.0. The second-order valence-corrected chi connectivity index (χ2v) is 6.41. The van der Waals surface area contributed by atoms with Crippen LogP contribution in [0.25, 0.3) is 0 Å². The fraction of sp³-hybridized carbons (Fsp3) is 0.333. The summed E-state index contributed by atoms with van der Waals surface area (Å²) in [6.07, 6.45) is 2.13. The number of amides is 2. The molecule has 0 saturated heterocycles. The number of benzene rings is 2. The van der Waals surface area contributed by atoms with E-state index in [4.69, 9.17) is 4.74 Å². The molecule has 2 aromatic rings. The van der Waals surface area contributed by atoms with Crippen LogP contribution in [0.3, 0.4) is 0 Å². The van der Waals surface area contributed by atoms with Crippen molar-refractivity contribution in [3.63, 3.8) is 0 Å². The highest BCUT2D eigenvalue weighted by atomic mass is 16.5. The van der Waals surface area contributed by atoms with Gasteiger partial charge in [-0.1, -0.05) is 13.3 Å². The zero-order chi connectivity index (χ0) is 19.6. The van der Waals surface area contributed by atoms with Crippen molar-refractivity contribution >= 4 is 23.2 Å². The van der Waals surface area contributed by atoms with Crippen molar-refractivity contribution < 1.29 is 14.3 Å². The van der Waals surface area contributed by atoms with Gasteiger partial charge in [-0.3, -0.25) is 9.59 Å². The van der Waals surface area contributed by atoms with Gasteiger partial charge in [0.2, 0.25) is 5.91 Å². The molecular weight excluding hydrogens is 342 g/mol. The molecule has 144 valence electrons. The number of carbonyl (C=O) groups is 2. The molecule has 0 heterocycles. The lowest BCUT2D eigenvalue weighted by Gasteiger charge is -2.11. The van der Waals surface area contributed by atoms with Crippen LogP contribution in [0.4, 0.5) is 11.4 Å². The van der Waals surface area contributed by atoms with Gasteiger partial charge in [-0.2, -0.15) is 0 Å². The van der Waals surface area contributed by atoms with Crippen molar-refractivity contribution in [2.45, 2.75) is 19.8 Å². The number of unbranched alkanes of at least 4 members (excludes halogenated alkanes) is 1. The fourth-order valence-electron chi connectivity index (χ4n) is 2.35. The number of hydrogen-bond acceptors (Lipinski definition) is 4. The average Bonchev–Trinajstić information content (AvgIpc) is 2.67. The van der Waals surface area contributed by atoms with Crippen LogP contribution in [-0.2, 0) is 4.79 Å². The molecule has 2 N–H and O–H groups in total. The molecule has 0 aliphatic heterocycles. The Morgan fingerprint density at radius 1 is 0.963 bits per heavy atom. The summed E-state index contributed by atoms with van der Waals surface area (Å²) < 4.78 is 5.61. The lowest BCUT2D eigenvalue weighted by Crippen LogP contribution is -2.22. The van der Waals surface area contributed by atoms with Crippen LogP contribution in [-0.4, -0.2) is 44.0 Å². The van der Waals surface area contributed by atoms with Gasteiger partial charge >= 0.3 is 0 Å². The summed E-state index contributed by atoms with van der Waals surface area (Å²) in [4.78, 5) is 25.4. The van der Waals surface area contributed by atoms with Crippen molar-refractivity contribution in [1.29, 1.82) is 0 Å². The van der Waals surface area contributed by atoms with Crippen LogP contribution < -0.4 is 15.4 Å². The smallest absolute Gasteiger partial charge is 0.253 e. The third-order valence-electron chi connectivity index (χ3n) is 3.90. The number of nitrogens with zero attached hydrogens (tertiary/aromatic N) is 1. The minimum Gasteiger partial charge on any atom is -0.494 e. The van der Waals surface area contributed by atoms with Crippen molar-refractivity contribution in [1.82, 2.24) is 4.90 Å². The van der Waals surface area contributed by atoms with E-state index in [9.17, 15) is 9.59 Å². The topological polar surface area (TPSA) is 70.7 Å². The molecular formula is C21H27N3O3. The third-order valence-corrected chi connectivity index (χ3v) is 3.90. The molecule has 2 amide bonds. The predicted molar refractivity (Wildman–Crippen MR) is 108 cm³/mol. The Kier molecular flexibility index (Phi) is 7.67. The first-order valence-corrected chi connectivity index (χ1v) is 9.08. The minimum atomic E-state index is -0.162. The maximum absolute atomic E-state index is 12.1. The predicted octanol–water partition coefficient (Wildman–Crippen LogP) is 3.62. The maximum Gasteiger partial charge on any atom is 0.253 e. The molecule has 6 nitrogen and oxygen atoms in total. The number of anilines is 2. The monoisotopic (exact) mass is 369 g/mol. The summed E-state index contributed by atoms with van der Waals surface area (Å²) in [5.41, 5.74) is 2.08. The lowest BCUT2D eigenvalue weighted by atomic mass is 10.2. The van der Waals surface area contributed by atoms with Crippen LogP contribution in [0, 0.1) is 0 Å². The van der Waals surface area contributed by atoms with Gasteiger partial charge in [0.1, 0.15) is 5.75 Å². The second-order valence-electron chi connectivity index (χ2n) is 6.41. The van der Waals surface area contributed by atoms with Crippen molar-refractivity contribution in [3.8, 4) is 5.75 Å². The Morgan fingerprint density at radius 2 is 1.59 bits per heavy atom. The van der Waals surface area contributed by atoms with Gasteiger partial charge in [-0.15, -0.1) is 0 Å². The molecule has 0 unspecified atom stereocenters. The summed E-state index contributed by atoms with van der Waals surface area (Å²) in [6, 6.07) is 14.4.